The van der Waals surface area contributed by atoms with Crippen LogP contribution in [0.15, 0.2) is 0 Å². The van der Waals surface area contributed by atoms with Crippen molar-refractivity contribution in [3.05, 3.63) is 22.4 Å². The van der Waals surface area contributed by atoms with Crippen LogP contribution in [-0.4, -0.2) is 41.5 Å². The average Bonchev–Trinajstić information content (AvgIpc) is 3.19. The molecule has 1 N–H and O–H groups in total. The van der Waals surface area contributed by atoms with E-state index in [0.717, 1.165) is 48.6 Å². The number of hydrogen-bond donors (Lipinski definition) is 1. The first-order valence-corrected chi connectivity index (χ1v) is 8.42. The van der Waals surface area contributed by atoms with Gasteiger partial charge >= 0.3 is 0 Å². The highest BCUT2D eigenvalue weighted by Gasteiger charge is 2.63. The van der Waals surface area contributed by atoms with Crippen LogP contribution in [0.5, 0.6) is 0 Å². The minimum atomic E-state index is -0.140. The third kappa shape index (κ3) is 1.88. The average molecular weight is 313 g/mol. The summed E-state index contributed by atoms with van der Waals surface area (Å²) in [7, 11) is 0. The van der Waals surface area contributed by atoms with Crippen LogP contribution in [0.3, 0.4) is 0 Å². The Labute approximate surface area is 136 Å². The summed E-state index contributed by atoms with van der Waals surface area (Å²) in [5.74, 6) is 1.37. The second kappa shape index (κ2) is 4.93. The van der Waals surface area contributed by atoms with E-state index in [2.05, 4.69) is 11.0 Å². The van der Waals surface area contributed by atoms with Crippen molar-refractivity contribution < 1.29 is 9.84 Å². The van der Waals surface area contributed by atoms with E-state index in [1.807, 2.05) is 20.8 Å². The third-order valence-corrected chi connectivity index (χ3v) is 6.38. The fourth-order valence-electron chi connectivity index (χ4n) is 4.88. The predicted octanol–water partition coefficient (Wildman–Crippen LogP) is 1.85. The van der Waals surface area contributed by atoms with E-state index in [0.29, 0.717) is 11.5 Å². The molecule has 1 aromatic heterocycles. The lowest BCUT2D eigenvalue weighted by Gasteiger charge is -2.27. The Kier molecular flexibility index (Phi) is 3.20. The van der Waals surface area contributed by atoms with Crippen molar-refractivity contribution in [3.63, 3.8) is 0 Å². The first kappa shape index (κ1) is 14.9. The summed E-state index contributed by atoms with van der Waals surface area (Å²) in [6.07, 6.45) is 2.32. The van der Waals surface area contributed by atoms with Crippen molar-refractivity contribution in [2.45, 2.75) is 45.3 Å². The Balaban J connectivity index is 1.73. The zero-order chi connectivity index (χ0) is 16.4. The molecule has 1 aromatic rings. The van der Waals surface area contributed by atoms with E-state index < -0.39 is 0 Å². The maximum absolute atomic E-state index is 9.75. The van der Waals surface area contributed by atoms with Gasteiger partial charge in [0.25, 0.3) is 0 Å². The van der Waals surface area contributed by atoms with Gasteiger partial charge in [0.05, 0.1) is 17.3 Å². The Hall–Kier alpha value is -1.64. The third-order valence-electron chi connectivity index (χ3n) is 6.38. The first-order valence-electron chi connectivity index (χ1n) is 8.42. The predicted molar refractivity (Wildman–Crippen MR) is 86.3 cm³/mol. The number of nitriles is 1. The molecule has 0 saturated carbocycles. The van der Waals surface area contributed by atoms with E-state index in [9.17, 15) is 10.4 Å². The lowest BCUT2D eigenvalue weighted by molar-refractivity contribution is 0.0128. The van der Waals surface area contributed by atoms with Crippen molar-refractivity contribution in [1.29, 1.82) is 5.26 Å². The molecule has 4 heterocycles. The van der Waals surface area contributed by atoms with Crippen molar-refractivity contribution in [2.75, 3.05) is 24.6 Å². The van der Waals surface area contributed by atoms with E-state index in [4.69, 9.17) is 9.72 Å². The second-order valence-electron chi connectivity index (χ2n) is 7.35. The van der Waals surface area contributed by atoms with Crippen LogP contribution in [0.1, 0.15) is 35.2 Å². The molecule has 0 aliphatic carbocycles. The Morgan fingerprint density at radius 3 is 2.87 bits per heavy atom. The quantitative estimate of drug-likeness (QED) is 0.902. The van der Waals surface area contributed by atoms with Gasteiger partial charge in [0, 0.05) is 37.2 Å². The molecule has 3 saturated heterocycles. The number of rotatable bonds is 2. The van der Waals surface area contributed by atoms with E-state index >= 15 is 0 Å². The lowest BCUT2D eigenvalue weighted by Crippen LogP contribution is -2.37. The highest BCUT2D eigenvalue weighted by molar-refractivity contribution is 5.61. The fraction of sp³-hybridized carbons (Fsp3) is 0.667. The molecule has 0 radical (unpaired) electrons. The Morgan fingerprint density at radius 1 is 1.39 bits per heavy atom. The summed E-state index contributed by atoms with van der Waals surface area (Å²) in [5, 5.41) is 19.4. The smallest absolute Gasteiger partial charge is 0.147 e. The molecule has 3 fully saturated rings. The van der Waals surface area contributed by atoms with Gasteiger partial charge in [-0.1, -0.05) is 0 Å². The van der Waals surface area contributed by atoms with Gasteiger partial charge in [-0.25, -0.2) is 4.98 Å². The standard InChI is InChI=1S/C18H23N3O2/c1-10-11(2)13(6-19)17(20-12(10)3)21-7-15-14(8-22)16-4-5-18(15,9-21)23-16/h14-16,22H,4-5,7-9H2,1-3H3/t14-,15+,16+,18+/m1/s1. The van der Waals surface area contributed by atoms with Gasteiger partial charge in [-0.15, -0.1) is 0 Å². The van der Waals surface area contributed by atoms with Crippen LogP contribution in [0.2, 0.25) is 0 Å². The van der Waals surface area contributed by atoms with Crippen molar-refractivity contribution >= 4 is 5.82 Å². The molecular weight excluding hydrogens is 290 g/mol. The number of aromatic nitrogens is 1. The van der Waals surface area contributed by atoms with Gasteiger partial charge in [0.2, 0.25) is 0 Å². The SMILES string of the molecule is Cc1nc(N2C[C@H]3[C@@H](CO)[C@@H]4CC[C@@]3(C2)O4)c(C#N)c(C)c1C. The van der Waals surface area contributed by atoms with Crippen LogP contribution >= 0.6 is 0 Å². The van der Waals surface area contributed by atoms with Gasteiger partial charge in [0.1, 0.15) is 11.9 Å². The molecule has 4 atom stereocenters. The summed E-state index contributed by atoms with van der Waals surface area (Å²) in [6.45, 7) is 7.82. The van der Waals surface area contributed by atoms with Crippen LogP contribution in [0, 0.1) is 43.9 Å². The first-order chi connectivity index (χ1) is 11.0. The summed E-state index contributed by atoms with van der Waals surface area (Å²) in [5.41, 5.74) is 3.63. The number of aliphatic hydroxyl groups excluding tert-OH is 1. The molecule has 3 aliphatic heterocycles. The van der Waals surface area contributed by atoms with Gasteiger partial charge in [-0.3, -0.25) is 0 Å². The minimum absolute atomic E-state index is 0.140. The van der Waals surface area contributed by atoms with Crippen molar-refractivity contribution in [3.8, 4) is 6.07 Å². The number of pyridine rings is 1. The van der Waals surface area contributed by atoms with Crippen LogP contribution in [0.4, 0.5) is 5.82 Å². The summed E-state index contributed by atoms with van der Waals surface area (Å²) in [4.78, 5) is 6.94. The minimum Gasteiger partial charge on any atom is -0.396 e. The number of fused-ring (bicyclic) bond motifs is 1. The molecule has 1 spiro atoms. The number of anilines is 1. The zero-order valence-electron chi connectivity index (χ0n) is 14.0. The fourth-order valence-corrected chi connectivity index (χ4v) is 4.88. The molecule has 0 unspecified atom stereocenters. The monoisotopic (exact) mass is 313 g/mol. The summed E-state index contributed by atoms with van der Waals surface area (Å²) < 4.78 is 6.28. The molecule has 5 nitrogen and oxygen atoms in total. The van der Waals surface area contributed by atoms with Gasteiger partial charge < -0.3 is 14.7 Å². The molecule has 2 bridgehead atoms. The number of aryl methyl sites for hydroxylation is 1. The molecule has 122 valence electrons. The second-order valence-corrected chi connectivity index (χ2v) is 7.35. The molecule has 0 amide bonds. The molecule has 23 heavy (non-hydrogen) atoms. The normalized spacial score (nSPS) is 34.7. The molecule has 4 rings (SSSR count). The number of hydrogen-bond acceptors (Lipinski definition) is 5. The Morgan fingerprint density at radius 2 is 2.17 bits per heavy atom. The molecular formula is C18H23N3O2. The number of ether oxygens (including phenoxy) is 1. The Bertz CT molecular complexity index is 711. The molecule has 5 heteroatoms. The maximum Gasteiger partial charge on any atom is 0.147 e. The van der Waals surface area contributed by atoms with Crippen molar-refractivity contribution in [2.24, 2.45) is 11.8 Å². The number of nitrogens with zero attached hydrogens (tertiary/aromatic N) is 3. The largest absolute Gasteiger partial charge is 0.396 e. The summed E-state index contributed by atoms with van der Waals surface area (Å²) in [6, 6.07) is 2.35. The van der Waals surface area contributed by atoms with E-state index in [1.54, 1.807) is 0 Å². The van der Waals surface area contributed by atoms with E-state index in [1.165, 1.54) is 0 Å². The van der Waals surface area contributed by atoms with Crippen LogP contribution in [-0.2, 0) is 4.74 Å². The van der Waals surface area contributed by atoms with Gasteiger partial charge in [-0.2, -0.15) is 5.26 Å². The van der Waals surface area contributed by atoms with Gasteiger partial charge in [-0.05, 0) is 44.7 Å². The molecule has 0 aromatic carbocycles. The zero-order valence-corrected chi connectivity index (χ0v) is 14.0. The lowest BCUT2D eigenvalue weighted by atomic mass is 9.74. The van der Waals surface area contributed by atoms with Crippen LogP contribution < -0.4 is 4.90 Å². The molecule has 3 aliphatic rings. The summed E-state index contributed by atoms with van der Waals surface area (Å²) >= 11 is 0. The van der Waals surface area contributed by atoms with Crippen molar-refractivity contribution in [1.82, 2.24) is 4.98 Å². The van der Waals surface area contributed by atoms with E-state index in [-0.39, 0.29) is 24.2 Å². The highest BCUT2D eigenvalue weighted by atomic mass is 16.5. The maximum atomic E-state index is 9.75. The van der Waals surface area contributed by atoms with Crippen LogP contribution in [0.25, 0.3) is 0 Å². The number of aliphatic hydroxyl groups is 1. The van der Waals surface area contributed by atoms with Gasteiger partial charge in [0.15, 0.2) is 0 Å². The highest BCUT2D eigenvalue weighted by Crippen LogP contribution is 2.55. The topological polar surface area (TPSA) is 69.4 Å².